The average Bonchev–Trinajstić information content (AvgIpc) is 1.49. The zero-order valence-corrected chi connectivity index (χ0v) is 70.4. The number of ether oxygens (including phenoxy) is 5. The lowest BCUT2D eigenvalue weighted by Gasteiger charge is -2.63. The maximum Gasteiger partial charge on any atom is 0.373 e. The second kappa shape index (κ2) is 30.1. The average molecular weight is 1600 g/mol. The quantitative estimate of drug-likeness (QED) is 0.0564. The van der Waals surface area contributed by atoms with Crippen molar-refractivity contribution in [1.29, 1.82) is 0 Å². The smallest absolute Gasteiger partial charge is 0.373 e. The minimum Gasteiger partial charge on any atom is -0.468 e. The van der Waals surface area contributed by atoms with E-state index in [2.05, 4.69) is 186 Å². The number of nitrogens with zero attached hydrogens (tertiary/aromatic N) is 6. The summed E-state index contributed by atoms with van der Waals surface area (Å²) in [6, 6.07) is 23.2. The van der Waals surface area contributed by atoms with Crippen molar-refractivity contribution in [2.24, 2.45) is 22.7 Å². The number of piperidine rings is 1. The van der Waals surface area contributed by atoms with E-state index in [1.54, 1.807) is 0 Å². The highest BCUT2D eigenvalue weighted by Crippen LogP contribution is 2.70. The van der Waals surface area contributed by atoms with Crippen LogP contribution in [0.2, 0.25) is 0 Å². The number of benzene rings is 4. The molecule has 14 aliphatic rings. The van der Waals surface area contributed by atoms with Crippen molar-refractivity contribution in [2.75, 3.05) is 104 Å². The van der Waals surface area contributed by atoms with Crippen LogP contribution in [0.25, 0.3) is 21.8 Å². The van der Waals surface area contributed by atoms with Gasteiger partial charge >= 0.3 is 36.0 Å². The number of rotatable bonds is 10. The molecular weight excluding hydrogens is 1480 g/mol. The Balaban J connectivity index is 0.000000146. The minimum absolute atomic E-state index is 0. The van der Waals surface area contributed by atoms with Crippen molar-refractivity contribution in [3.8, 4) is 0 Å². The van der Waals surface area contributed by atoms with Crippen LogP contribution in [0.3, 0.4) is 0 Å². The molecular formula is C95H120N8O14. The summed E-state index contributed by atoms with van der Waals surface area (Å²) >= 11 is 0. The van der Waals surface area contributed by atoms with E-state index >= 15 is 0 Å². The number of aliphatic hydroxyl groups is 2. The van der Waals surface area contributed by atoms with Crippen LogP contribution < -0.4 is 9.80 Å². The summed E-state index contributed by atoms with van der Waals surface area (Å²) in [7, 11) is 8.08. The summed E-state index contributed by atoms with van der Waals surface area (Å²) in [5.74, 6) is -1.83. The molecule has 4 aromatic carbocycles. The molecule has 3 saturated heterocycles. The molecule has 117 heavy (non-hydrogen) atoms. The summed E-state index contributed by atoms with van der Waals surface area (Å²) in [5.41, 5.74) is 13.0. The van der Waals surface area contributed by atoms with Gasteiger partial charge in [-0.15, -0.1) is 0 Å². The summed E-state index contributed by atoms with van der Waals surface area (Å²) in [5, 5.41) is 28.3. The van der Waals surface area contributed by atoms with Crippen molar-refractivity contribution in [1.82, 2.24) is 29.6 Å². The maximum atomic E-state index is 14.3. The Kier molecular flexibility index (Phi) is 21.3. The SMILES string of the molecule is C.CCC1=CC2CN3CCc4c([nH]c5ccc(C)cc45)C(C(=O)OC)(C2)C13.CCC1=C[C@@H]2CN(CCc3c([nH]c4ccc(C)cc34)[C@@](C)(c3cc4c(cc3C)N(C)C3[C@]45CCN4CC=C[C@@](CC)([C@@H](OC(C)=O)[C@]3(O)C(=O)OC)[C@H]45)C2)C1.CC[C@]12C=CCN3CC[C@@]4(c5ccc(C)cc5N(C)C4[C@@](O)(C(=O)OC)[C@@H]1OC(C)=O)[C@@H]32.O=C=O. The molecule has 0 amide bonds. The Bertz CT molecular complexity index is 5180. The number of aromatic nitrogens is 2. The molecule has 6 bridgehead atoms. The molecule has 0 radical (unpaired) electrons. The fourth-order valence-corrected chi connectivity index (χ4v) is 26.7. The highest BCUT2D eigenvalue weighted by Gasteiger charge is 2.82. The summed E-state index contributed by atoms with van der Waals surface area (Å²) < 4.78 is 28.2. The molecule has 3 aliphatic carbocycles. The lowest BCUT2D eigenvalue weighted by atomic mass is 9.47. The third-order valence-corrected chi connectivity index (χ3v) is 30.5. The molecule has 2 aromatic heterocycles. The number of nitrogens with one attached hydrogen (secondary N) is 2. The number of esters is 5. The molecule has 6 aromatic rings. The van der Waals surface area contributed by atoms with Gasteiger partial charge in [0.25, 0.3) is 0 Å². The van der Waals surface area contributed by atoms with Crippen LogP contribution in [0.5, 0.6) is 0 Å². The number of H-pyrrole nitrogens is 2. The van der Waals surface area contributed by atoms with Crippen molar-refractivity contribution < 1.29 is 67.5 Å². The van der Waals surface area contributed by atoms with E-state index in [0.29, 0.717) is 24.7 Å². The second-order valence-corrected chi connectivity index (χ2v) is 36.2. The number of carbonyl (C=O) groups excluding carboxylic acids is 7. The van der Waals surface area contributed by atoms with Gasteiger partial charge in [-0.2, -0.15) is 9.59 Å². The molecule has 22 nitrogen and oxygen atoms in total. The zero-order chi connectivity index (χ0) is 82.6. The van der Waals surface area contributed by atoms with Crippen LogP contribution in [0.1, 0.15) is 169 Å². The van der Waals surface area contributed by atoms with E-state index < -0.39 is 86.4 Å². The van der Waals surface area contributed by atoms with Gasteiger partial charge in [0.2, 0.25) is 11.2 Å². The van der Waals surface area contributed by atoms with E-state index in [-0.39, 0.29) is 43.1 Å². The summed E-state index contributed by atoms with van der Waals surface area (Å²) in [6.07, 6.45) is 20.1. The molecule has 13 heterocycles. The molecule has 19 atom stereocenters. The van der Waals surface area contributed by atoms with E-state index in [1.165, 1.54) is 107 Å². The Morgan fingerprint density at radius 1 is 0.564 bits per heavy atom. The van der Waals surface area contributed by atoms with E-state index in [4.69, 9.17) is 33.3 Å². The van der Waals surface area contributed by atoms with Crippen LogP contribution in [0.4, 0.5) is 11.4 Å². The first kappa shape index (κ1) is 83.1. The molecule has 7 unspecified atom stereocenters. The monoisotopic (exact) mass is 1600 g/mol. The fourth-order valence-electron chi connectivity index (χ4n) is 26.7. The number of anilines is 2. The summed E-state index contributed by atoms with van der Waals surface area (Å²) in [4.78, 5) is 105. The van der Waals surface area contributed by atoms with Crippen molar-refractivity contribution in [2.45, 2.75) is 223 Å². The lowest BCUT2D eigenvalue weighted by Crippen LogP contribution is -2.81. The number of carbonyl (C=O) groups is 5. The highest BCUT2D eigenvalue weighted by molar-refractivity contribution is 5.94. The van der Waals surface area contributed by atoms with Crippen molar-refractivity contribution in [3.05, 3.63) is 176 Å². The third kappa shape index (κ3) is 11.7. The van der Waals surface area contributed by atoms with Crippen LogP contribution in [0, 0.1) is 50.4 Å². The van der Waals surface area contributed by atoms with E-state index in [0.717, 1.165) is 144 Å². The number of hydrogen-bond acceptors (Lipinski definition) is 20. The minimum atomic E-state index is -2.14. The molecule has 22 heteroatoms. The van der Waals surface area contributed by atoms with Gasteiger partial charge in [-0.25, -0.2) is 9.59 Å². The van der Waals surface area contributed by atoms with Gasteiger partial charge < -0.3 is 53.7 Å². The van der Waals surface area contributed by atoms with Crippen LogP contribution in [-0.4, -0.2) is 224 Å². The van der Waals surface area contributed by atoms with Crippen molar-refractivity contribution >= 4 is 69.2 Å². The molecule has 5 fully saturated rings. The first-order valence-electron chi connectivity index (χ1n) is 42.1. The van der Waals surface area contributed by atoms with Gasteiger partial charge in [-0.05, 0) is 199 Å². The Labute approximate surface area is 688 Å². The van der Waals surface area contributed by atoms with Gasteiger partial charge in [0.05, 0.1) is 39.5 Å². The van der Waals surface area contributed by atoms with Crippen LogP contribution in [0.15, 0.2) is 114 Å². The second-order valence-electron chi connectivity index (χ2n) is 36.2. The number of methoxy groups -OCH3 is 3. The molecule has 2 spiro atoms. The zero-order valence-electron chi connectivity index (χ0n) is 70.4. The lowest BCUT2D eigenvalue weighted by molar-refractivity contribution is -0.229. The molecule has 624 valence electrons. The summed E-state index contributed by atoms with van der Waals surface area (Å²) in [6.45, 7) is 30.8. The largest absolute Gasteiger partial charge is 0.468 e. The molecule has 2 saturated carbocycles. The van der Waals surface area contributed by atoms with Crippen LogP contribution in [-0.2, 0) is 91.7 Å². The third-order valence-electron chi connectivity index (χ3n) is 30.5. The van der Waals surface area contributed by atoms with Gasteiger partial charge in [-0.1, -0.05) is 124 Å². The van der Waals surface area contributed by atoms with E-state index in [9.17, 15) is 34.2 Å². The maximum absolute atomic E-state index is 14.3. The number of fused-ring (bicyclic) bond motifs is 10. The Morgan fingerprint density at radius 3 is 1.58 bits per heavy atom. The standard InChI is InChI=1S/C46H58N4O5.C25H32N2O5.C22H26N2O2.CO2.CH4/c1-9-30-22-31-24-43(6,38-32(14-18-49(25-30)26-31)33-20-27(3)12-13-36(33)47-38)34-23-35-37(21-28(34)4)48(7)40-45(35)16-19-50-17-11-15-44(10-2,39(45)50)41(55-29(5)51)46(40,53)42(52)54-8;1-6-23-10-7-12-27-13-11-24(19(23)27)17-9-8-15(2)14-18(17)26(4)20(24)25(30,22(29)31-5)21(23)32-16(3)28;1-4-15-10-14-11-22(21(25)26-3)19-16(7-8-24(12-14)20(15)22)17-9-13(2)5-6-18(17)23-19;2-1-3;/h11-13,15,20-23,31,39-41,47,53H,9-10,14,16-19,24-26H2,1-8H3;7-10,14,19-21,30H,6,11-13H2,1-5H3;5-6,9-10,14,20,23H,4,7-8,11-12H2,1-3H3;;1H4/t31-,39-,40?,41+,43+,44+,45+,46-;19-,20?,21+,23+,24+,25-;;;/m00.../s1. The van der Waals surface area contributed by atoms with Gasteiger partial charge in [-0.3, -0.25) is 34.0 Å². The molecule has 11 aliphatic heterocycles. The molecule has 4 N–H and O–H groups in total. The Morgan fingerprint density at radius 2 is 1.06 bits per heavy atom. The highest BCUT2D eigenvalue weighted by atomic mass is 16.6. The van der Waals surface area contributed by atoms with E-state index in [1.807, 2.05) is 32.8 Å². The van der Waals surface area contributed by atoms with Gasteiger partial charge in [0.15, 0.2) is 12.2 Å². The van der Waals surface area contributed by atoms with Gasteiger partial charge in [0, 0.05) is 157 Å². The number of aryl methyl sites for hydroxylation is 4. The first-order valence-corrected chi connectivity index (χ1v) is 42.1. The molecule has 20 rings (SSSR count). The Hall–Kier alpha value is -8.99. The van der Waals surface area contributed by atoms with Crippen molar-refractivity contribution in [3.63, 3.8) is 0 Å². The van der Waals surface area contributed by atoms with Crippen LogP contribution >= 0.6 is 0 Å². The number of hydrogen-bond donors (Lipinski definition) is 4. The first-order chi connectivity index (χ1) is 55.4. The normalized spacial score (nSPS) is 35.0. The number of aromatic amines is 2. The predicted octanol–water partition coefficient (Wildman–Crippen LogP) is 11.7. The predicted molar refractivity (Wildman–Crippen MR) is 449 cm³/mol. The number of likely N-dealkylation sites (N-methyl/N-ethyl adjacent to an activating group) is 2. The van der Waals surface area contributed by atoms with Gasteiger partial charge in [0.1, 0.15) is 5.41 Å². The topological polar surface area (TPSA) is 257 Å². The fraction of sp³-hybridized carbons (Fsp3) is 0.558.